The summed E-state index contributed by atoms with van der Waals surface area (Å²) in [5.41, 5.74) is 1.02. The van der Waals surface area contributed by atoms with Gasteiger partial charge in [0.2, 0.25) is 0 Å². The Morgan fingerprint density at radius 2 is 2.00 bits per heavy atom. The van der Waals surface area contributed by atoms with Crippen molar-refractivity contribution in [1.82, 2.24) is 25.0 Å². The van der Waals surface area contributed by atoms with Crippen LogP contribution in [-0.4, -0.2) is 76.4 Å². The van der Waals surface area contributed by atoms with Gasteiger partial charge in [-0.1, -0.05) is 0 Å². The number of piperidine rings is 1. The van der Waals surface area contributed by atoms with Crippen molar-refractivity contribution < 1.29 is 23.7 Å². The summed E-state index contributed by atoms with van der Waals surface area (Å²) in [4.78, 5) is 14.8. The molecule has 2 aromatic heterocycles. The molecule has 11 heteroatoms. The van der Waals surface area contributed by atoms with Gasteiger partial charge in [0.25, 0.3) is 11.4 Å². The van der Waals surface area contributed by atoms with Crippen molar-refractivity contribution >= 4 is 10.9 Å². The van der Waals surface area contributed by atoms with Gasteiger partial charge in [0.1, 0.15) is 19.8 Å². The van der Waals surface area contributed by atoms with Crippen LogP contribution in [0.5, 0.6) is 17.4 Å². The molecule has 6 rings (SSSR count). The molecule has 1 aromatic carbocycles. The average Bonchev–Trinajstić information content (AvgIpc) is 2.87. The Morgan fingerprint density at radius 3 is 2.89 bits per heavy atom. The fourth-order valence-electron chi connectivity index (χ4n) is 5.10. The number of fused-ring (bicyclic) bond motifs is 1. The van der Waals surface area contributed by atoms with Gasteiger partial charge in [-0.15, -0.1) is 5.10 Å². The van der Waals surface area contributed by atoms with E-state index in [2.05, 4.69) is 20.4 Å². The van der Waals surface area contributed by atoms with E-state index in [1.54, 1.807) is 22.8 Å². The first-order valence-electron chi connectivity index (χ1n) is 11.8. The first-order chi connectivity index (χ1) is 17.1. The lowest BCUT2D eigenvalue weighted by Gasteiger charge is -2.39. The van der Waals surface area contributed by atoms with Crippen molar-refractivity contribution in [1.29, 1.82) is 0 Å². The summed E-state index contributed by atoms with van der Waals surface area (Å²) in [6, 6.07) is 7.64. The second-order valence-corrected chi connectivity index (χ2v) is 9.13. The van der Waals surface area contributed by atoms with Crippen LogP contribution in [0.3, 0.4) is 0 Å². The summed E-state index contributed by atoms with van der Waals surface area (Å²) in [5.74, 6) is 0.641. The number of rotatable bonds is 5. The lowest BCUT2D eigenvalue weighted by molar-refractivity contribution is 0.0294. The Balaban J connectivity index is 1.10. The fourth-order valence-corrected chi connectivity index (χ4v) is 5.10. The minimum absolute atomic E-state index is 0.107. The van der Waals surface area contributed by atoms with Crippen molar-refractivity contribution in [2.75, 3.05) is 39.5 Å². The van der Waals surface area contributed by atoms with Crippen molar-refractivity contribution in [3.63, 3.8) is 0 Å². The largest absolute Gasteiger partial charge is 0.486 e. The number of ether oxygens (including phenoxy) is 3. The molecule has 35 heavy (non-hydrogen) atoms. The number of hydrogen-bond acceptors (Lipinski definition) is 9. The van der Waals surface area contributed by atoms with Crippen molar-refractivity contribution in [2.24, 2.45) is 0 Å². The molecule has 1 fully saturated rings. The molecule has 0 bridgehead atoms. The highest BCUT2D eigenvalue weighted by Crippen LogP contribution is 2.34. The molecule has 184 valence electrons. The van der Waals surface area contributed by atoms with E-state index in [0.717, 1.165) is 18.4 Å². The minimum Gasteiger partial charge on any atom is -0.486 e. The quantitative estimate of drug-likeness (QED) is 0.546. The van der Waals surface area contributed by atoms with Crippen LogP contribution in [0.4, 0.5) is 4.39 Å². The Labute approximate surface area is 200 Å². The number of halogens is 1. The van der Waals surface area contributed by atoms with Crippen LogP contribution in [0, 0.1) is 5.82 Å². The number of nitrogens with zero attached hydrogens (tertiary/aromatic N) is 4. The van der Waals surface area contributed by atoms with Gasteiger partial charge in [-0.05, 0) is 31.2 Å². The van der Waals surface area contributed by atoms with Crippen LogP contribution < -0.4 is 25.1 Å². The molecule has 1 saturated heterocycles. The lowest BCUT2D eigenvalue weighted by Crippen LogP contribution is -2.54. The maximum absolute atomic E-state index is 14.3. The summed E-state index contributed by atoms with van der Waals surface area (Å²) in [5, 5.41) is 23.1. The van der Waals surface area contributed by atoms with Crippen LogP contribution in [0.15, 0.2) is 35.1 Å². The Bertz CT molecular complexity index is 1320. The molecule has 0 amide bonds. The Morgan fingerprint density at radius 1 is 1.14 bits per heavy atom. The first kappa shape index (κ1) is 22.2. The summed E-state index contributed by atoms with van der Waals surface area (Å²) in [7, 11) is 0. The monoisotopic (exact) mass is 483 g/mol. The number of aliphatic hydroxyl groups excluding tert-OH is 1. The molecule has 5 heterocycles. The molecule has 0 aliphatic carbocycles. The third-order valence-corrected chi connectivity index (χ3v) is 6.82. The van der Waals surface area contributed by atoms with Crippen molar-refractivity contribution in [2.45, 2.75) is 31.2 Å². The smallest absolute Gasteiger partial charge is 0.276 e. The summed E-state index contributed by atoms with van der Waals surface area (Å²) >= 11 is 0. The van der Waals surface area contributed by atoms with Gasteiger partial charge in [-0.2, -0.15) is 5.10 Å². The predicted octanol–water partition coefficient (Wildman–Crippen LogP) is 0.860. The van der Waals surface area contributed by atoms with E-state index in [1.807, 2.05) is 0 Å². The zero-order chi connectivity index (χ0) is 23.9. The van der Waals surface area contributed by atoms with Crippen molar-refractivity contribution in [3.8, 4) is 17.4 Å². The van der Waals surface area contributed by atoms with Gasteiger partial charge in [0.05, 0.1) is 23.4 Å². The summed E-state index contributed by atoms with van der Waals surface area (Å²) in [6.07, 6.45) is 0.118. The minimum atomic E-state index is -0.601. The normalized spacial score (nSPS) is 23.8. The third kappa shape index (κ3) is 4.19. The molecular formula is C24H26FN5O5. The van der Waals surface area contributed by atoms with Crippen LogP contribution in [0.2, 0.25) is 0 Å². The molecule has 0 spiro atoms. The standard InChI is InChI=1S/C24H26FN5O5/c25-17-3-1-14-2-4-21(32)30-16(13-35-23(17)22(14)30)11-29-6-5-18(19(31)12-29)26-10-15-9-20-24(28-27-15)34-8-7-33-20/h1-4,9,16,18-19,26,31H,5-8,10-13H2/t16-,18+,19-/m1/s1. The maximum Gasteiger partial charge on any atom is 0.276 e. The van der Waals surface area contributed by atoms with Crippen molar-refractivity contribution in [3.05, 3.63) is 52.2 Å². The number of β-amino-alcohol motifs (C(OH)–C–C–N with tert-alkyl or cyclic N) is 1. The van der Waals surface area contributed by atoms with Gasteiger partial charge < -0.3 is 24.6 Å². The Hall–Kier alpha value is -3.28. The van der Waals surface area contributed by atoms with E-state index >= 15 is 0 Å². The molecule has 0 radical (unpaired) electrons. The van der Waals surface area contributed by atoms with Gasteiger partial charge >= 0.3 is 0 Å². The second kappa shape index (κ2) is 9.06. The van der Waals surface area contributed by atoms with E-state index in [9.17, 15) is 14.3 Å². The highest BCUT2D eigenvalue weighted by atomic mass is 19.1. The fraction of sp³-hybridized carbons (Fsp3) is 0.458. The molecular weight excluding hydrogens is 457 g/mol. The number of hydrogen-bond donors (Lipinski definition) is 2. The lowest BCUT2D eigenvalue weighted by atomic mass is 10.0. The van der Waals surface area contributed by atoms with Crippen LogP contribution in [0.25, 0.3) is 10.9 Å². The number of benzene rings is 1. The number of aliphatic hydroxyl groups is 1. The zero-order valence-corrected chi connectivity index (χ0v) is 19.0. The van der Waals surface area contributed by atoms with E-state index < -0.39 is 11.9 Å². The van der Waals surface area contributed by atoms with Gasteiger partial charge in [0.15, 0.2) is 17.3 Å². The van der Waals surface area contributed by atoms with Gasteiger partial charge in [0, 0.05) is 43.2 Å². The molecule has 3 aliphatic rings. The number of aromatic nitrogens is 3. The number of likely N-dealkylation sites (tertiary alicyclic amines) is 1. The molecule has 3 aliphatic heterocycles. The number of pyridine rings is 1. The molecule has 0 unspecified atom stereocenters. The molecule has 10 nitrogen and oxygen atoms in total. The van der Waals surface area contributed by atoms with Gasteiger partial charge in [-0.25, -0.2) is 4.39 Å². The molecule has 2 N–H and O–H groups in total. The van der Waals surface area contributed by atoms with E-state index in [0.29, 0.717) is 55.7 Å². The maximum atomic E-state index is 14.3. The molecule has 3 atom stereocenters. The van der Waals surface area contributed by atoms with Crippen LogP contribution in [0.1, 0.15) is 18.2 Å². The highest BCUT2D eigenvalue weighted by Gasteiger charge is 2.32. The summed E-state index contributed by atoms with van der Waals surface area (Å²) < 4.78 is 32.6. The summed E-state index contributed by atoms with van der Waals surface area (Å²) in [6.45, 7) is 3.29. The zero-order valence-electron chi connectivity index (χ0n) is 19.0. The molecule has 3 aromatic rings. The third-order valence-electron chi connectivity index (χ3n) is 6.82. The highest BCUT2D eigenvalue weighted by molar-refractivity contribution is 5.85. The predicted molar refractivity (Wildman–Crippen MR) is 123 cm³/mol. The first-order valence-corrected chi connectivity index (χ1v) is 11.8. The van der Waals surface area contributed by atoms with Crippen LogP contribution >= 0.6 is 0 Å². The molecule has 0 saturated carbocycles. The van der Waals surface area contributed by atoms with Crippen LogP contribution in [-0.2, 0) is 6.54 Å². The number of nitrogens with one attached hydrogen (secondary N) is 1. The average molecular weight is 484 g/mol. The van der Waals surface area contributed by atoms with Gasteiger partial charge in [-0.3, -0.25) is 14.3 Å². The van der Waals surface area contributed by atoms with E-state index in [1.165, 1.54) is 12.1 Å². The van der Waals surface area contributed by atoms with E-state index in [-0.39, 0.29) is 30.0 Å². The van der Waals surface area contributed by atoms with E-state index in [4.69, 9.17) is 14.2 Å². The topological polar surface area (TPSA) is 111 Å². The Kier molecular flexibility index (Phi) is 5.75. The second-order valence-electron chi connectivity index (χ2n) is 9.13. The SMILES string of the molecule is O=c1ccc2ccc(F)c3c2n1[C@H](CN1CC[C@H](NCc2cc4c(nn2)OCCO4)[C@H](O)C1)CO3.